The molecule has 0 bridgehead atoms. The van der Waals surface area contributed by atoms with Crippen LogP contribution >= 0.6 is 0 Å². The molecule has 2 aromatic rings. The van der Waals surface area contributed by atoms with Crippen molar-refractivity contribution in [3.63, 3.8) is 0 Å². The molecular weight excluding hydrogens is 715 g/mol. The number of rotatable bonds is 7. The first-order valence-electron chi connectivity index (χ1n) is 18.8. The summed E-state index contributed by atoms with van der Waals surface area (Å²) in [5.74, 6) is -1.99. The standard InChI is InChI=1S/C38H53N7O8S/c1-22-12-8-9-13-24-20-38(24,34(48)44-54(50,51)37(6)16-17-37)40-30(46)28-19-25(53-32-27-15-11-10-14-26(27)31(52-7)42-43-32)21-45(28)33(47)29(23(2)18-22)39-35(49)41-36(3,4)5/h9-11,13-15,22-25,28-29H,8,12,16-21H2,1-7H3,(H,40,46)(H,44,48)(H2,39,41,49)/b13-9-/t22-,23+,24+,25+,28-,29-,38+/m0/s1. The number of methoxy groups -OCH3 is 1. The molecule has 5 amide bonds. The van der Waals surface area contributed by atoms with Gasteiger partial charge in [0.15, 0.2) is 0 Å². The molecule has 4 N–H and O–H groups in total. The lowest BCUT2D eigenvalue weighted by Crippen LogP contribution is -2.60. The number of hydrogen-bond acceptors (Lipinski definition) is 10. The lowest BCUT2D eigenvalue weighted by molar-refractivity contribution is -0.142. The molecule has 4 aliphatic rings. The first-order valence-corrected chi connectivity index (χ1v) is 20.3. The first kappa shape index (κ1) is 39.2. The number of amides is 5. The van der Waals surface area contributed by atoms with Gasteiger partial charge in [-0.2, -0.15) is 0 Å². The minimum atomic E-state index is -4.00. The van der Waals surface area contributed by atoms with E-state index < -0.39 is 73.7 Å². The fourth-order valence-corrected chi connectivity index (χ4v) is 8.88. The third kappa shape index (κ3) is 8.13. The molecule has 16 heteroatoms. The van der Waals surface area contributed by atoms with E-state index in [1.54, 1.807) is 6.92 Å². The molecule has 3 fully saturated rings. The molecule has 2 aliphatic heterocycles. The summed E-state index contributed by atoms with van der Waals surface area (Å²) in [7, 11) is -2.50. The van der Waals surface area contributed by atoms with Gasteiger partial charge in [-0.25, -0.2) is 13.2 Å². The number of hydrogen-bond donors (Lipinski definition) is 4. The molecule has 15 nitrogen and oxygen atoms in total. The van der Waals surface area contributed by atoms with Crippen LogP contribution < -0.4 is 30.1 Å². The number of fused-ring (bicyclic) bond motifs is 3. The maximum absolute atomic E-state index is 14.8. The number of aromatic nitrogens is 2. The van der Waals surface area contributed by atoms with Crippen molar-refractivity contribution in [3.05, 3.63) is 36.4 Å². The quantitative estimate of drug-likeness (QED) is 0.303. The number of ether oxygens (including phenoxy) is 2. The molecule has 1 saturated heterocycles. The summed E-state index contributed by atoms with van der Waals surface area (Å²) >= 11 is 0. The van der Waals surface area contributed by atoms with Crippen LogP contribution in [0.1, 0.15) is 86.5 Å². The lowest BCUT2D eigenvalue weighted by Gasteiger charge is -2.33. The molecule has 3 heterocycles. The van der Waals surface area contributed by atoms with Crippen molar-refractivity contribution in [3.8, 4) is 11.8 Å². The Bertz CT molecular complexity index is 1940. The maximum Gasteiger partial charge on any atom is 0.315 e. The third-order valence-electron chi connectivity index (χ3n) is 11.1. The lowest BCUT2D eigenvalue weighted by atomic mass is 9.88. The van der Waals surface area contributed by atoms with Crippen LogP contribution in [-0.2, 0) is 24.4 Å². The summed E-state index contributed by atoms with van der Waals surface area (Å²) in [5.41, 5.74) is -2.10. The van der Waals surface area contributed by atoms with E-state index in [0.29, 0.717) is 42.3 Å². The smallest absolute Gasteiger partial charge is 0.315 e. The summed E-state index contributed by atoms with van der Waals surface area (Å²) in [6.07, 6.45) is 6.28. The van der Waals surface area contributed by atoms with Crippen molar-refractivity contribution in [2.75, 3.05) is 13.7 Å². The van der Waals surface area contributed by atoms with E-state index in [1.807, 2.05) is 64.1 Å². The van der Waals surface area contributed by atoms with Crippen LogP contribution in [0.3, 0.4) is 0 Å². The van der Waals surface area contributed by atoms with Gasteiger partial charge in [0, 0.05) is 17.9 Å². The Morgan fingerprint density at radius 3 is 2.35 bits per heavy atom. The van der Waals surface area contributed by atoms with Gasteiger partial charge in [0.1, 0.15) is 23.7 Å². The molecule has 2 saturated carbocycles. The first-order chi connectivity index (χ1) is 25.4. The zero-order chi connectivity index (χ0) is 39.2. The third-order valence-corrected chi connectivity index (χ3v) is 13.3. The van der Waals surface area contributed by atoms with Crippen molar-refractivity contribution < 1.29 is 37.1 Å². The number of carbonyl (C=O) groups excluding carboxylic acids is 4. The number of nitrogens with zero attached hydrogens (tertiary/aromatic N) is 3. The highest BCUT2D eigenvalue weighted by atomic mass is 32.2. The van der Waals surface area contributed by atoms with Crippen molar-refractivity contribution in [2.45, 2.75) is 121 Å². The Hall–Kier alpha value is -4.47. The van der Waals surface area contributed by atoms with Crippen LogP contribution in [-0.4, -0.2) is 94.9 Å². The fourth-order valence-electron chi connectivity index (χ4n) is 7.57. The molecule has 6 rings (SSSR count). The van der Waals surface area contributed by atoms with Gasteiger partial charge in [0.25, 0.3) is 5.91 Å². The zero-order valence-corrected chi connectivity index (χ0v) is 32.9. The molecule has 0 radical (unpaired) electrons. The van der Waals surface area contributed by atoms with Crippen molar-refractivity contribution in [2.24, 2.45) is 17.8 Å². The SMILES string of the molecule is COc1nnc(O[C@@H]2C[C@H]3C(=O)N[C@]4(C(=O)NS(=O)(=O)C5(C)CC5)C[C@H]4/C=C\CC[C@H](C)C[C@@H](C)[C@H](NC(=O)NC(C)(C)C)C(=O)N3C2)c2ccccc12. The number of carbonyl (C=O) groups is 4. The number of sulfonamides is 1. The van der Waals surface area contributed by atoms with E-state index in [-0.39, 0.29) is 37.1 Å². The average Bonchev–Trinajstić information content (AvgIpc) is 3.98. The summed E-state index contributed by atoms with van der Waals surface area (Å²) in [5, 5.41) is 18.4. The Balaban J connectivity index is 1.35. The monoisotopic (exact) mass is 767 g/mol. The molecule has 0 unspecified atom stereocenters. The summed E-state index contributed by atoms with van der Waals surface area (Å²) in [6.45, 7) is 11.1. The highest BCUT2D eigenvalue weighted by Gasteiger charge is 2.63. The molecule has 54 heavy (non-hydrogen) atoms. The van der Waals surface area contributed by atoms with Gasteiger partial charge in [-0.3, -0.25) is 19.1 Å². The highest BCUT2D eigenvalue weighted by Crippen LogP contribution is 2.47. The average molecular weight is 768 g/mol. The second-order valence-corrected chi connectivity index (χ2v) is 19.0. The van der Waals surface area contributed by atoms with Crippen LogP contribution in [0.25, 0.3) is 10.8 Å². The minimum Gasteiger partial charge on any atom is -0.479 e. The number of urea groups is 1. The van der Waals surface area contributed by atoms with Gasteiger partial charge < -0.3 is 30.3 Å². The zero-order valence-electron chi connectivity index (χ0n) is 32.1. The second kappa shape index (κ2) is 14.6. The van der Waals surface area contributed by atoms with E-state index in [9.17, 15) is 27.6 Å². The van der Waals surface area contributed by atoms with Crippen molar-refractivity contribution in [1.29, 1.82) is 0 Å². The molecule has 294 valence electrons. The second-order valence-electron chi connectivity index (χ2n) is 16.8. The van der Waals surface area contributed by atoms with E-state index in [1.165, 1.54) is 12.0 Å². The molecule has 0 spiro atoms. The number of allylic oxidation sites excluding steroid dienone is 1. The van der Waals surface area contributed by atoms with Gasteiger partial charge >= 0.3 is 6.03 Å². The Labute approximate surface area is 316 Å². The van der Waals surface area contributed by atoms with Gasteiger partial charge in [0.05, 0.1) is 29.2 Å². The highest BCUT2D eigenvalue weighted by molar-refractivity contribution is 7.91. The van der Waals surface area contributed by atoms with Crippen LogP contribution in [0.15, 0.2) is 36.4 Å². The van der Waals surface area contributed by atoms with Crippen LogP contribution in [0, 0.1) is 17.8 Å². The maximum atomic E-state index is 14.8. The van der Waals surface area contributed by atoms with E-state index in [2.05, 4.69) is 37.8 Å². The van der Waals surface area contributed by atoms with Crippen LogP contribution in [0.2, 0.25) is 0 Å². The predicted molar refractivity (Wildman–Crippen MR) is 201 cm³/mol. The summed E-state index contributed by atoms with van der Waals surface area (Å²) < 4.78 is 39.4. The van der Waals surface area contributed by atoms with E-state index in [0.717, 1.165) is 6.42 Å². The van der Waals surface area contributed by atoms with E-state index >= 15 is 0 Å². The van der Waals surface area contributed by atoms with Gasteiger partial charge in [-0.1, -0.05) is 38.1 Å². The summed E-state index contributed by atoms with van der Waals surface area (Å²) in [4.78, 5) is 57.8. The Morgan fingerprint density at radius 1 is 1.04 bits per heavy atom. The fraction of sp³-hybridized carbons (Fsp3) is 0.632. The molecule has 2 aliphatic carbocycles. The molecule has 7 atom stereocenters. The van der Waals surface area contributed by atoms with Gasteiger partial charge in [-0.15, -0.1) is 10.2 Å². The van der Waals surface area contributed by atoms with Crippen LogP contribution in [0.5, 0.6) is 11.8 Å². The minimum absolute atomic E-state index is 0.0277. The molecule has 1 aromatic carbocycles. The van der Waals surface area contributed by atoms with Crippen molar-refractivity contribution >= 4 is 44.5 Å². The number of nitrogens with one attached hydrogen (secondary N) is 4. The Morgan fingerprint density at radius 2 is 1.70 bits per heavy atom. The normalized spacial score (nSPS) is 30.4. The topological polar surface area (TPSA) is 198 Å². The van der Waals surface area contributed by atoms with Crippen LogP contribution in [0.4, 0.5) is 4.79 Å². The van der Waals surface area contributed by atoms with E-state index in [4.69, 9.17) is 9.47 Å². The van der Waals surface area contributed by atoms with Gasteiger partial charge in [0.2, 0.25) is 33.6 Å². The number of benzene rings is 1. The van der Waals surface area contributed by atoms with Gasteiger partial charge in [-0.05, 0) is 90.2 Å². The Kier molecular flexibility index (Phi) is 10.6. The largest absolute Gasteiger partial charge is 0.479 e. The summed E-state index contributed by atoms with van der Waals surface area (Å²) in [6, 6.07) is 4.64. The molecule has 1 aromatic heterocycles. The van der Waals surface area contributed by atoms with Crippen molar-refractivity contribution in [1.82, 2.24) is 35.8 Å². The predicted octanol–water partition coefficient (Wildman–Crippen LogP) is 3.34. The molecular formula is C38H53N7O8S.